The molecule has 0 heterocycles. The van der Waals surface area contributed by atoms with Gasteiger partial charge in [0.25, 0.3) is 0 Å². The molecule has 0 saturated heterocycles. The smallest absolute Gasteiger partial charge is 0.235 e. The van der Waals surface area contributed by atoms with Crippen LogP contribution in [0.2, 0.25) is 0 Å². The maximum atomic E-state index is 13.5. The standard InChI is InChI=1S/C25H30N2O3/c1-4-18(2)30-22-12-13-23(19(16-22)17-26)27-24(28)25(14-6-5-7-15-25)20-8-10-21(29-3)11-9-20/h8-13,16,18H,4-7,14-15H2,1-3H3,(H,27,28). The molecule has 1 aliphatic carbocycles. The Hall–Kier alpha value is -3.00. The number of ether oxygens (including phenoxy) is 2. The largest absolute Gasteiger partial charge is 0.497 e. The third-order valence-corrected chi connectivity index (χ3v) is 6.06. The zero-order valence-corrected chi connectivity index (χ0v) is 18.0. The summed E-state index contributed by atoms with van der Waals surface area (Å²) in [4.78, 5) is 13.5. The predicted octanol–water partition coefficient (Wildman–Crippen LogP) is 5.58. The van der Waals surface area contributed by atoms with Crippen molar-refractivity contribution in [1.82, 2.24) is 0 Å². The summed E-state index contributed by atoms with van der Waals surface area (Å²) in [6.45, 7) is 4.04. The lowest BCUT2D eigenvalue weighted by Gasteiger charge is -2.36. The minimum Gasteiger partial charge on any atom is -0.497 e. The number of benzene rings is 2. The highest BCUT2D eigenvalue weighted by atomic mass is 16.5. The van der Waals surface area contributed by atoms with Crippen LogP contribution in [0.1, 0.15) is 63.5 Å². The summed E-state index contributed by atoms with van der Waals surface area (Å²) in [6.07, 6.45) is 5.68. The monoisotopic (exact) mass is 406 g/mol. The van der Waals surface area contributed by atoms with E-state index in [-0.39, 0.29) is 12.0 Å². The zero-order chi connectivity index (χ0) is 21.6. The molecule has 5 nitrogen and oxygen atoms in total. The van der Waals surface area contributed by atoms with Crippen LogP contribution in [-0.4, -0.2) is 19.1 Å². The molecule has 1 saturated carbocycles. The van der Waals surface area contributed by atoms with E-state index < -0.39 is 5.41 Å². The van der Waals surface area contributed by atoms with Crippen molar-refractivity contribution in [2.45, 2.75) is 63.9 Å². The fourth-order valence-electron chi connectivity index (χ4n) is 4.07. The van der Waals surface area contributed by atoms with E-state index in [9.17, 15) is 10.1 Å². The molecule has 1 amide bonds. The molecule has 1 fully saturated rings. The molecule has 2 aromatic carbocycles. The van der Waals surface area contributed by atoms with Crippen LogP contribution in [0.25, 0.3) is 0 Å². The van der Waals surface area contributed by atoms with Crippen LogP contribution in [-0.2, 0) is 10.2 Å². The average Bonchev–Trinajstić information content (AvgIpc) is 2.80. The van der Waals surface area contributed by atoms with E-state index in [4.69, 9.17) is 9.47 Å². The predicted molar refractivity (Wildman–Crippen MR) is 118 cm³/mol. The molecule has 30 heavy (non-hydrogen) atoms. The summed E-state index contributed by atoms with van der Waals surface area (Å²) in [6, 6.07) is 15.2. The van der Waals surface area contributed by atoms with E-state index >= 15 is 0 Å². The second kappa shape index (κ2) is 9.67. The maximum Gasteiger partial charge on any atom is 0.235 e. The lowest BCUT2D eigenvalue weighted by Crippen LogP contribution is -2.42. The molecular weight excluding hydrogens is 376 g/mol. The summed E-state index contributed by atoms with van der Waals surface area (Å²) in [5.74, 6) is 1.36. The number of amides is 1. The number of methoxy groups -OCH3 is 1. The lowest BCUT2D eigenvalue weighted by molar-refractivity contribution is -0.122. The summed E-state index contributed by atoms with van der Waals surface area (Å²) < 4.78 is 11.1. The van der Waals surface area contributed by atoms with Crippen LogP contribution >= 0.6 is 0 Å². The van der Waals surface area contributed by atoms with Crippen LogP contribution < -0.4 is 14.8 Å². The maximum absolute atomic E-state index is 13.5. The number of anilines is 1. The zero-order valence-electron chi connectivity index (χ0n) is 18.0. The van der Waals surface area contributed by atoms with Gasteiger partial charge in [-0.2, -0.15) is 5.26 Å². The summed E-state index contributed by atoms with van der Waals surface area (Å²) in [5, 5.41) is 12.7. The van der Waals surface area contributed by atoms with Gasteiger partial charge in [0.15, 0.2) is 0 Å². The summed E-state index contributed by atoms with van der Waals surface area (Å²) in [7, 11) is 1.64. The fraction of sp³-hybridized carbons (Fsp3) is 0.440. The fourth-order valence-corrected chi connectivity index (χ4v) is 4.07. The van der Waals surface area contributed by atoms with Gasteiger partial charge in [0.1, 0.15) is 17.6 Å². The van der Waals surface area contributed by atoms with Gasteiger partial charge in [0, 0.05) is 6.07 Å². The molecule has 3 rings (SSSR count). The quantitative estimate of drug-likeness (QED) is 0.651. The van der Waals surface area contributed by atoms with Gasteiger partial charge in [0.2, 0.25) is 5.91 Å². The van der Waals surface area contributed by atoms with Gasteiger partial charge in [-0.25, -0.2) is 0 Å². The number of hydrogen-bond donors (Lipinski definition) is 1. The Morgan fingerprint density at radius 2 is 1.80 bits per heavy atom. The minimum absolute atomic E-state index is 0.0561. The van der Waals surface area contributed by atoms with Crippen molar-refractivity contribution in [3.05, 3.63) is 53.6 Å². The third kappa shape index (κ3) is 4.59. The van der Waals surface area contributed by atoms with E-state index in [0.29, 0.717) is 17.0 Å². The Morgan fingerprint density at radius 1 is 1.13 bits per heavy atom. The van der Waals surface area contributed by atoms with E-state index in [1.54, 1.807) is 19.2 Å². The topological polar surface area (TPSA) is 71.3 Å². The summed E-state index contributed by atoms with van der Waals surface area (Å²) >= 11 is 0. The second-order valence-electron chi connectivity index (χ2n) is 7.98. The van der Waals surface area contributed by atoms with Gasteiger partial charge < -0.3 is 14.8 Å². The molecule has 1 atom stereocenters. The normalized spacial score (nSPS) is 16.2. The van der Waals surface area contributed by atoms with E-state index in [0.717, 1.165) is 49.8 Å². The van der Waals surface area contributed by atoms with E-state index in [1.165, 1.54) is 0 Å². The highest BCUT2D eigenvalue weighted by Gasteiger charge is 2.41. The van der Waals surface area contributed by atoms with Gasteiger partial charge >= 0.3 is 0 Å². The molecule has 0 bridgehead atoms. The molecule has 0 radical (unpaired) electrons. The van der Waals surface area contributed by atoms with E-state index in [1.807, 2.05) is 44.2 Å². The van der Waals surface area contributed by atoms with Gasteiger partial charge in [-0.1, -0.05) is 38.3 Å². The molecule has 1 unspecified atom stereocenters. The van der Waals surface area contributed by atoms with Crippen LogP contribution in [0, 0.1) is 11.3 Å². The Morgan fingerprint density at radius 3 is 2.40 bits per heavy atom. The second-order valence-corrected chi connectivity index (χ2v) is 7.98. The SMILES string of the molecule is CCC(C)Oc1ccc(NC(=O)C2(c3ccc(OC)cc3)CCCCC2)c(C#N)c1. The minimum atomic E-state index is -0.594. The van der Waals surface area contributed by atoms with Crippen LogP contribution in [0.4, 0.5) is 5.69 Å². The number of carbonyl (C=O) groups excluding carboxylic acids is 1. The first-order valence-corrected chi connectivity index (χ1v) is 10.7. The Balaban J connectivity index is 1.88. The van der Waals surface area contributed by atoms with Crippen LogP contribution in [0.5, 0.6) is 11.5 Å². The number of rotatable bonds is 7. The Bertz CT molecular complexity index is 909. The molecule has 1 N–H and O–H groups in total. The third-order valence-electron chi connectivity index (χ3n) is 6.06. The average molecular weight is 407 g/mol. The molecule has 158 valence electrons. The van der Waals surface area contributed by atoms with Crippen molar-refractivity contribution in [2.75, 3.05) is 12.4 Å². The van der Waals surface area contributed by atoms with Crippen molar-refractivity contribution in [1.29, 1.82) is 5.26 Å². The van der Waals surface area contributed by atoms with Crippen LogP contribution in [0.15, 0.2) is 42.5 Å². The number of carbonyl (C=O) groups is 1. The van der Waals surface area contributed by atoms with Crippen molar-refractivity contribution in [2.24, 2.45) is 0 Å². The van der Waals surface area contributed by atoms with Gasteiger partial charge in [-0.3, -0.25) is 4.79 Å². The molecule has 5 heteroatoms. The first-order valence-electron chi connectivity index (χ1n) is 10.7. The highest BCUT2D eigenvalue weighted by molar-refractivity contribution is 6.00. The number of nitrogens with one attached hydrogen (secondary N) is 1. The first-order chi connectivity index (χ1) is 14.5. The van der Waals surface area contributed by atoms with E-state index in [2.05, 4.69) is 11.4 Å². The lowest BCUT2D eigenvalue weighted by atomic mass is 9.68. The molecule has 2 aromatic rings. The summed E-state index contributed by atoms with van der Waals surface area (Å²) in [5.41, 5.74) is 1.33. The van der Waals surface area contributed by atoms with Gasteiger partial charge in [-0.15, -0.1) is 0 Å². The number of hydrogen-bond acceptors (Lipinski definition) is 4. The number of nitriles is 1. The van der Waals surface area contributed by atoms with Crippen molar-refractivity contribution in [3.63, 3.8) is 0 Å². The van der Waals surface area contributed by atoms with Crippen LogP contribution in [0.3, 0.4) is 0 Å². The molecule has 0 aliphatic heterocycles. The first kappa shape index (κ1) is 21.7. The molecule has 0 spiro atoms. The Kier molecular flexibility index (Phi) is 6.99. The molecule has 0 aromatic heterocycles. The van der Waals surface area contributed by atoms with Gasteiger partial charge in [-0.05, 0) is 56.0 Å². The van der Waals surface area contributed by atoms with Crippen molar-refractivity contribution >= 4 is 11.6 Å². The number of nitrogens with zero attached hydrogens (tertiary/aromatic N) is 1. The molecule has 1 aliphatic rings. The van der Waals surface area contributed by atoms with Gasteiger partial charge in [0.05, 0.1) is 29.9 Å². The Labute approximate surface area is 179 Å². The molecular formula is C25H30N2O3. The van der Waals surface area contributed by atoms with Crippen molar-refractivity contribution < 1.29 is 14.3 Å². The highest BCUT2D eigenvalue weighted by Crippen LogP contribution is 2.41. The van der Waals surface area contributed by atoms with Crippen molar-refractivity contribution in [3.8, 4) is 17.6 Å².